The molecule has 0 aromatic heterocycles. The highest BCUT2D eigenvalue weighted by molar-refractivity contribution is 7.86. The Hall–Kier alpha value is -2.10. The van der Waals surface area contributed by atoms with Crippen molar-refractivity contribution < 1.29 is 13.0 Å². The summed E-state index contributed by atoms with van der Waals surface area (Å²) in [4.78, 5) is 0.454. The summed E-state index contributed by atoms with van der Waals surface area (Å²) in [6.45, 7) is 0.507. The van der Waals surface area contributed by atoms with E-state index in [4.69, 9.17) is 4.55 Å². The minimum Gasteiger partial charge on any atom is -0.282 e. The fourth-order valence-corrected chi connectivity index (χ4v) is 3.85. The average Bonchev–Trinajstić information content (AvgIpc) is 2.96. The Morgan fingerprint density at radius 3 is 2.59 bits per heavy atom. The lowest BCUT2D eigenvalue weighted by atomic mass is 10.2. The van der Waals surface area contributed by atoms with Crippen molar-refractivity contribution in [3.8, 4) is 0 Å². The van der Waals surface area contributed by atoms with Gasteiger partial charge in [0.1, 0.15) is 0 Å². The molecule has 22 heavy (non-hydrogen) atoms. The van der Waals surface area contributed by atoms with Crippen molar-refractivity contribution in [3.05, 3.63) is 60.2 Å². The van der Waals surface area contributed by atoms with Crippen LogP contribution in [0.5, 0.6) is 0 Å². The first-order valence-corrected chi connectivity index (χ1v) is 8.87. The van der Waals surface area contributed by atoms with E-state index in [1.54, 1.807) is 16.5 Å². The van der Waals surface area contributed by atoms with E-state index in [0.29, 0.717) is 11.4 Å². The van der Waals surface area contributed by atoms with Crippen LogP contribution in [0.2, 0.25) is 0 Å². The second-order valence-corrected chi connectivity index (χ2v) is 7.48. The molecule has 1 aliphatic rings. The van der Waals surface area contributed by atoms with Gasteiger partial charge >= 0.3 is 0 Å². The number of hydrogen-bond donors (Lipinski definition) is 1. The Morgan fingerprint density at radius 1 is 1.09 bits per heavy atom. The zero-order chi connectivity index (χ0) is 15.6. The standard InChI is InChI=1S/C13H12N4O3S2/c18-22(19,20)13-8-4-7-12(9-13)21-16-14-15-17(21)10-11-5-2-1-3-6-11/h1-9H,10H2,(H,18,19,20). The smallest absolute Gasteiger partial charge is 0.282 e. The van der Waals surface area contributed by atoms with E-state index < -0.39 is 21.0 Å². The van der Waals surface area contributed by atoms with Crippen molar-refractivity contribution in [2.24, 2.45) is 14.9 Å². The molecule has 0 spiro atoms. The SMILES string of the molecule is O=S(=O)(O)c1cccc(S2=NN=NN2Cc2ccccc2)c1. The number of rotatable bonds is 4. The molecule has 7 nitrogen and oxygen atoms in total. The summed E-state index contributed by atoms with van der Waals surface area (Å²) in [5.74, 6) is 0. The van der Waals surface area contributed by atoms with Gasteiger partial charge in [0.25, 0.3) is 10.1 Å². The van der Waals surface area contributed by atoms with Gasteiger partial charge in [0, 0.05) is 4.90 Å². The molecule has 3 rings (SSSR count). The van der Waals surface area contributed by atoms with Gasteiger partial charge in [0.15, 0.2) is 0 Å². The molecule has 114 valence electrons. The van der Waals surface area contributed by atoms with Gasteiger partial charge in [-0.25, -0.2) is 0 Å². The van der Waals surface area contributed by atoms with Crippen LogP contribution in [0.25, 0.3) is 0 Å². The maximum Gasteiger partial charge on any atom is 0.294 e. The minimum absolute atomic E-state index is 0.167. The predicted molar refractivity (Wildman–Crippen MR) is 81.2 cm³/mol. The quantitative estimate of drug-likeness (QED) is 0.869. The molecule has 1 N–H and O–H groups in total. The molecule has 0 fully saturated rings. The predicted octanol–water partition coefficient (Wildman–Crippen LogP) is 2.81. The van der Waals surface area contributed by atoms with E-state index in [9.17, 15) is 8.42 Å². The van der Waals surface area contributed by atoms with E-state index in [1.165, 1.54) is 12.1 Å². The van der Waals surface area contributed by atoms with Crippen LogP contribution in [0.4, 0.5) is 0 Å². The van der Waals surface area contributed by atoms with E-state index in [1.807, 2.05) is 30.3 Å². The molecule has 2 aromatic carbocycles. The van der Waals surface area contributed by atoms with E-state index >= 15 is 0 Å². The van der Waals surface area contributed by atoms with Crippen molar-refractivity contribution in [1.29, 1.82) is 0 Å². The van der Waals surface area contributed by atoms with Crippen LogP contribution in [0.15, 0.2) is 79.3 Å². The first-order valence-electron chi connectivity index (χ1n) is 6.29. The van der Waals surface area contributed by atoms with Crippen LogP contribution in [0.3, 0.4) is 0 Å². The van der Waals surface area contributed by atoms with Gasteiger partial charge in [-0.15, -0.1) is 0 Å². The molecular formula is C13H12N4O3S2. The summed E-state index contributed by atoms with van der Waals surface area (Å²) < 4.78 is 37.3. The zero-order valence-corrected chi connectivity index (χ0v) is 12.9. The lowest BCUT2D eigenvalue weighted by Gasteiger charge is -2.16. The molecule has 9 heteroatoms. The molecule has 1 unspecified atom stereocenters. The molecular weight excluding hydrogens is 324 g/mol. The first-order chi connectivity index (χ1) is 10.5. The molecule has 0 radical (unpaired) electrons. The lowest BCUT2D eigenvalue weighted by molar-refractivity contribution is 0.470. The third kappa shape index (κ3) is 3.21. The molecule has 1 atom stereocenters. The molecule has 0 saturated carbocycles. The Labute approximate surface area is 130 Å². The normalized spacial score (nSPS) is 17.5. The van der Waals surface area contributed by atoms with Crippen LogP contribution in [0.1, 0.15) is 5.56 Å². The molecule has 0 aliphatic carbocycles. The van der Waals surface area contributed by atoms with Gasteiger partial charge in [0.05, 0.1) is 22.3 Å². The van der Waals surface area contributed by atoms with Crippen LogP contribution < -0.4 is 0 Å². The van der Waals surface area contributed by atoms with Gasteiger partial charge < -0.3 is 0 Å². The second-order valence-electron chi connectivity index (χ2n) is 4.47. The number of hydrogen-bond acceptors (Lipinski definition) is 6. The van der Waals surface area contributed by atoms with Crippen molar-refractivity contribution in [2.45, 2.75) is 16.3 Å². The Kier molecular flexibility index (Phi) is 4.01. The third-order valence-electron chi connectivity index (χ3n) is 2.93. The van der Waals surface area contributed by atoms with E-state index in [-0.39, 0.29) is 4.90 Å². The molecule has 2 aromatic rings. The molecule has 1 aliphatic heterocycles. The fourth-order valence-electron chi connectivity index (χ4n) is 1.92. The van der Waals surface area contributed by atoms with Crippen LogP contribution >= 0.6 is 0 Å². The van der Waals surface area contributed by atoms with Crippen molar-refractivity contribution in [1.82, 2.24) is 4.41 Å². The van der Waals surface area contributed by atoms with Crippen molar-refractivity contribution in [3.63, 3.8) is 0 Å². The summed E-state index contributed by atoms with van der Waals surface area (Å²) in [5.41, 5.74) is 1.04. The topological polar surface area (TPSA) is 94.7 Å². The number of nitrogens with zero attached hydrogens (tertiary/aromatic N) is 4. The van der Waals surface area contributed by atoms with E-state index in [0.717, 1.165) is 5.56 Å². The molecule has 0 amide bonds. The van der Waals surface area contributed by atoms with Gasteiger partial charge in [0.2, 0.25) is 0 Å². The first kappa shape index (κ1) is 14.8. The summed E-state index contributed by atoms with van der Waals surface area (Å²) in [6, 6.07) is 15.7. The Bertz CT molecular complexity index is 851. The van der Waals surface area contributed by atoms with Gasteiger partial charge in [-0.3, -0.25) is 4.55 Å². The highest BCUT2D eigenvalue weighted by atomic mass is 32.2. The van der Waals surface area contributed by atoms with Crippen molar-refractivity contribution in [2.75, 3.05) is 0 Å². The summed E-state index contributed by atoms with van der Waals surface area (Å²) in [7, 11) is -5.07. The number of benzene rings is 2. The molecule has 1 heterocycles. The third-order valence-corrected chi connectivity index (χ3v) is 5.28. The summed E-state index contributed by atoms with van der Waals surface area (Å²) >= 11 is 0. The van der Waals surface area contributed by atoms with Gasteiger partial charge in [-0.1, -0.05) is 40.9 Å². The summed E-state index contributed by atoms with van der Waals surface area (Å²) in [5, 5.41) is 7.66. The van der Waals surface area contributed by atoms with Crippen molar-refractivity contribution >= 4 is 21.0 Å². The van der Waals surface area contributed by atoms with Gasteiger partial charge in [-0.2, -0.15) is 12.8 Å². The largest absolute Gasteiger partial charge is 0.294 e. The molecule has 0 saturated heterocycles. The van der Waals surface area contributed by atoms with E-state index in [2.05, 4.69) is 14.9 Å². The summed E-state index contributed by atoms with van der Waals surface area (Å²) in [6.07, 6.45) is 0. The minimum atomic E-state index is -4.25. The maximum atomic E-state index is 11.2. The highest BCUT2D eigenvalue weighted by Gasteiger charge is 2.19. The average molecular weight is 336 g/mol. The Morgan fingerprint density at radius 2 is 1.86 bits per heavy atom. The molecule has 0 bridgehead atoms. The Balaban J connectivity index is 1.89. The van der Waals surface area contributed by atoms with Crippen LogP contribution in [-0.4, -0.2) is 17.4 Å². The monoisotopic (exact) mass is 336 g/mol. The second kappa shape index (κ2) is 5.95. The highest BCUT2D eigenvalue weighted by Crippen LogP contribution is 2.23. The zero-order valence-electron chi connectivity index (χ0n) is 11.3. The van der Waals surface area contributed by atoms with Gasteiger partial charge in [-0.05, 0) is 34.2 Å². The maximum absolute atomic E-state index is 11.2. The fraction of sp³-hybridized carbons (Fsp3) is 0.0769. The van der Waals surface area contributed by atoms with Crippen LogP contribution in [-0.2, 0) is 27.5 Å². The lowest BCUT2D eigenvalue weighted by Crippen LogP contribution is -2.17. The van der Waals surface area contributed by atoms with Crippen LogP contribution in [0, 0.1) is 0 Å².